The maximum absolute atomic E-state index is 12.7. The van der Waals surface area contributed by atoms with E-state index in [9.17, 15) is 23.1 Å². The molecule has 19 heavy (non-hydrogen) atoms. The Balaban J connectivity index is 2.66. The second kappa shape index (κ2) is 4.96. The van der Waals surface area contributed by atoms with Gasteiger partial charge in [-0.25, -0.2) is 0 Å². The molecule has 0 saturated carbocycles. The molecule has 112 valence electrons. The molecule has 0 aromatic rings. The van der Waals surface area contributed by atoms with E-state index in [1.54, 1.807) is 25.7 Å². The molecule has 1 N–H and O–H groups in total. The smallest absolute Gasteiger partial charge is 0.380 e. The molecule has 1 fully saturated rings. The molecule has 1 saturated heterocycles. The number of nitrogens with zero attached hydrogens (tertiary/aromatic N) is 1. The highest BCUT2D eigenvalue weighted by atomic mass is 19.4. The van der Waals surface area contributed by atoms with Gasteiger partial charge in [-0.1, -0.05) is 20.8 Å². The number of piperidine rings is 1. The molecule has 1 heterocycles. The summed E-state index contributed by atoms with van der Waals surface area (Å²) in [7, 11) is 0. The highest BCUT2D eigenvalue weighted by molar-refractivity contribution is 5.81. The van der Waals surface area contributed by atoms with Crippen LogP contribution < -0.4 is 0 Å². The highest BCUT2D eigenvalue weighted by Gasteiger charge is 2.55. The minimum absolute atomic E-state index is 0.0578. The van der Waals surface area contributed by atoms with Gasteiger partial charge in [-0.15, -0.1) is 0 Å². The number of hydrogen-bond donors (Lipinski definition) is 1. The average molecular weight is 281 g/mol. The molecule has 0 aliphatic carbocycles. The Morgan fingerprint density at radius 3 is 1.84 bits per heavy atom. The molecule has 1 unspecified atom stereocenters. The lowest BCUT2D eigenvalue weighted by atomic mass is 9.80. The standard InChI is InChI=1S/C13H22F3NO2/c1-11(2,3)10(18)17-7-5-9(6-8-17)12(4,19)13(14,15)16/h9,19H,5-8H2,1-4H3. The predicted molar refractivity (Wildman–Crippen MR) is 65.4 cm³/mol. The first-order chi connectivity index (χ1) is 8.37. The fourth-order valence-electron chi connectivity index (χ4n) is 2.35. The van der Waals surface area contributed by atoms with E-state index in [0.717, 1.165) is 6.92 Å². The Kier molecular flexibility index (Phi) is 4.25. The molecule has 1 aliphatic rings. The zero-order chi connectivity index (χ0) is 15.1. The van der Waals surface area contributed by atoms with Gasteiger partial charge in [0, 0.05) is 18.5 Å². The van der Waals surface area contributed by atoms with Crippen molar-refractivity contribution in [2.24, 2.45) is 11.3 Å². The molecule has 6 heteroatoms. The van der Waals surface area contributed by atoms with Crippen LogP contribution in [0.3, 0.4) is 0 Å². The van der Waals surface area contributed by atoms with Crippen LogP contribution in [0.15, 0.2) is 0 Å². The lowest BCUT2D eigenvalue weighted by Crippen LogP contribution is -2.53. The predicted octanol–water partition coefficient (Wildman–Crippen LogP) is 2.58. The van der Waals surface area contributed by atoms with E-state index >= 15 is 0 Å². The molecule has 0 aromatic carbocycles. The molecular formula is C13H22F3NO2. The average Bonchev–Trinajstić information content (AvgIpc) is 2.25. The number of likely N-dealkylation sites (tertiary alicyclic amines) is 1. The van der Waals surface area contributed by atoms with Crippen LogP contribution in [-0.2, 0) is 4.79 Å². The molecule has 0 bridgehead atoms. The van der Waals surface area contributed by atoms with Crippen LogP contribution in [0.2, 0.25) is 0 Å². The molecule has 0 spiro atoms. The van der Waals surface area contributed by atoms with E-state index < -0.39 is 23.1 Å². The van der Waals surface area contributed by atoms with Gasteiger partial charge in [0.1, 0.15) is 0 Å². The molecule has 0 radical (unpaired) electrons. The van der Waals surface area contributed by atoms with Gasteiger partial charge in [0.05, 0.1) is 0 Å². The van der Waals surface area contributed by atoms with Gasteiger partial charge < -0.3 is 10.0 Å². The lowest BCUT2D eigenvalue weighted by molar-refractivity contribution is -0.275. The lowest BCUT2D eigenvalue weighted by Gasteiger charge is -2.41. The second-order valence-corrected chi connectivity index (χ2v) is 6.46. The number of amides is 1. The molecule has 3 nitrogen and oxygen atoms in total. The van der Waals surface area contributed by atoms with Crippen LogP contribution in [-0.4, -0.2) is 40.8 Å². The van der Waals surface area contributed by atoms with Crippen LogP contribution in [0.1, 0.15) is 40.5 Å². The number of aliphatic hydroxyl groups is 1. The zero-order valence-corrected chi connectivity index (χ0v) is 11.8. The van der Waals surface area contributed by atoms with Crippen molar-refractivity contribution in [3.05, 3.63) is 0 Å². The molecule has 1 aliphatic heterocycles. The normalized spacial score (nSPS) is 22.2. The van der Waals surface area contributed by atoms with Crippen LogP contribution in [0.4, 0.5) is 13.2 Å². The Labute approximate surface area is 111 Å². The first-order valence-electron chi connectivity index (χ1n) is 6.46. The largest absolute Gasteiger partial charge is 0.417 e. The summed E-state index contributed by atoms with van der Waals surface area (Å²) in [4.78, 5) is 13.6. The summed E-state index contributed by atoms with van der Waals surface area (Å²) in [6.45, 7) is 6.72. The second-order valence-electron chi connectivity index (χ2n) is 6.46. The van der Waals surface area contributed by atoms with Crippen molar-refractivity contribution in [1.29, 1.82) is 0 Å². The van der Waals surface area contributed by atoms with E-state index in [1.807, 2.05) is 0 Å². The van der Waals surface area contributed by atoms with Crippen LogP contribution >= 0.6 is 0 Å². The van der Waals surface area contributed by atoms with Gasteiger partial charge in [0.2, 0.25) is 5.91 Å². The maximum atomic E-state index is 12.7. The van der Waals surface area contributed by atoms with E-state index in [1.165, 1.54) is 0 Å². The summed E-state index contributed by atoms with van der Waals surface area (Å²) >= 11 is 0. The summed E-state index contributed by atoms with van der Waals surface area (Å²) in [5.41, 5.74) is -3.21. The topological polar surface area (TPSA) is 40.5 Å². The minimum Gasteiger partial charge on any atom is -0.380 e. The quantitative estimate of drug-likeness (QED) is 0.802. The Morgan fingerprint density at radius 1 is 1.11 bits per heavy atom. The Hall–Kier alpha value is -0.780. The fraction of sp³-hybridized carbons (Fsp3) is 0.923. The molecular weight excluding hydrogens is 259 g/mol. The van der Waals surface area contributed by atoms with Crippen molar-refractivity contribution < 1.29 is 23.1 Å². The van der Waals surface area contributed by atoms with E-state index in [2.05, 4.69) is 0 Å². The number of rotatable bonds is 1. The van der Waals surface area contributed by atoms with Crippen molar-refractivity contribution in [1.82, 2.24) is 4.90 Å². The van der Waals surface area contributed by atoms with E-state index in [0.29, 0.717) is 0 Å². The van der Waals surface area contributed by atoms with Gasteiger partial charge in [-0.2, -0.15) is 13.2 Å². The third-order valence-corrected chi connectivity index (χ3v) is 3.79. The highest BCUT2D eigenvalue weighted by Crippen LogP contribution is 2.40. The Bertz CT molecular complexity index is 337. The summed E-state index contributed by atoms with van der Waals surface area (Å²) in [5.74, 6) is -0.908. The third kappa shape index (κ3) is 3.41. The van der Waals surface area contributed by atoms with Gasteiger partial charge >= 0.3 is 6.18 Å². The van der Waals surface area contributed by atoms with Gasteiger partial charge in [0.25, 0.3) is 0 Å². The van der Waals surface area contributed by atoms with Crippen LogP contribution in [0.5, 0.6) is 0 Å². The van der Waals surface area contributed by atoms with Crippen molar-refractivity contribution in [2.45, 2.75) is 52.3 Å². The van der Waals surface area contributed by atoms with E-state index in [-0.39, 0.29) is 31.8 Å². The summed E-state index contributed by atoms with van der Waals surface area (Å²) in [6, 6.07) is 0. The Morgan fingerprint density at radius 2 is 1.53 bits per heavy atom. The number of carbonyl (C=O) groups is 1. The van der Waals surface area contributed by atoms with Crippen molar-refractivity contribution in [3.63, 3.8) is 0 Å². The van der Waals surface area contributed by atoms with Crippen molar-refractivity contribution in [3.8, 4) is 0 Å². The molecule has 1 rings (SSSR count). The van der Waals surface area contributed by atoms with Crippen LogP contribution in [0.25, 0.3) is 0 Å². The zero-order valence-electron chi connectivity index (χ0n) is 11.8. The summed E-state index contributed by atoms with van der Waals surface area (Å²) in [5, 5.41) is 9.63. The number of carbonyl (C=O) groups excluding carboxylic acids is 1. The molecule has 1 atom stereocenters. The monoisotopic (exact) mass is 281 g/mol. The minimum atomic E-state index is -4.63. The number of hydrogen-bond acceptors (Lipinski definition) is 2. The molecule has 1 amide bonds. The fourth-order valence-corrected chi connectivity index (χ4v) is 2.35. The van der Waals surface area contributed by atoms with Gasteiger partial charge in [-0.05, 0) is 25.7 Å². The number of alkyl halides is 3. The van der Waals surface area contributed by atoms with Crippen molar-refractivity contribution >= 4 is 5.91 Å². The van der Waals surface area contributed by atoms with Crippen LogP contribution in [0, 0.1) is 11.3 Å². The maximum Gasteiger partial charge on any atom is 0.417 e. The first-order valence-corrected chi connectivity index (χ1v) is 6.46. The molecule has 0 aromatic heterocycles. The third-order valence-electron chi connectivity index (χ3n) is 3.79. The van der Waals surface area contributed by atoms with Crippen molar-refractivity contribution in [2.75, 3.05) is 13.1 Å². The summed E-state index contributed by atoms with van der Waals surface area (Å²) in [6.07, 6.45) is -4.28. The van der Waals surface area contributed by atoms with E-state index in [4.69, 9.17) is 0 Å². The number of halogens is 3. The summed E-state index contributed by atoms with van der Waals surface area (Å²) < 4.78 is 38.2. The van der Waals surface area contributed by atoms with Gasteiger partial charge in [-0.3, -0.25) is 4.79 Å². The first kappa shape index (κ1) is 16.3. The van der Waals surface area contributed by atoms with Gasteiger partial charge in [0.15, 0.2) is 5.60 Å². The SMILES string of the molecule is CC(C)(C)C(=O)N1CCC(C(C)(O)C(F)(F)F)CC1.